The van der Waals surface area contributed by atoms with Crippen molar-refractivity contribution in [2.75, 3.05) is 0 Å². The van der Waals surface area contributed by atoms with Gasteiger partial charge >= 0.3 is 11.9 Å². The van der Waals surface area contributed by atoms with E-state index in [1.807, 2.05) is 0 Å². The Morgan fingerprint density at radius 1 is 0.375 bits per heavy atom. The molecule has 2 N–H and O–H groups in total. The quantitative estimate of drug-likeness (QED) is 0.168. The molecule has 4 heteroatoms. The van der Waals surface area contributed by atoms with Crippen LogP contribution in [-0.4, -0.2) is 22.2 Å². The number of rotatable bonds is 21. The molecule has 0 atom stereocenters. The molecule has 0 aliphatic heterocycles. The zero-order valence-corrected chi connectivity index (χ0v) is 22.3. The molecule has 0 aromatic rings. The van der Waals surface area contributed by atoms with Crippen molar-refractivity contribution in [3.05, 3.63) is 0 Å². The highest BCUT2D eigenvalue weighted by atomic mass is 16.4. The summed E-state index contributed by atoms with van der Waals surface area (Å²) in [7, 11) is 0. The standard InChI is InChI=1S/C22H46.2C3H6O2/c1-3-5-7-9-11-13-15-17-19-21-22-20-18-16-14-12-10-8-6-4-2;2*1-2-3(4)5/h3-22H2,1-2H3;2*2H2,1H3,(H,4,5). The molecule has 0 amide bonds. The molecule has 0 rings (SSSR count). The van der Waals surface area contributed by atoms with Crippen molar-refractivity contribution in [3.63, 3.8) is 0 Å². The van der Waals surface area contributed by atoms with E-state index < -0.39 is 11.9 Å². The van der Waals surface area contributed by atoms with Crippen LogP contribution in [0.15, 0.2) is 0 Å². The van der Waals surface area contributed by atoms with Gasteiger partial charge in [0.15, 0.2) is 0 Å². The number of carbonyl (C=O) groups is 2. The van der Waals surface area contributed by atoms with Gasteiger partial charge in [0.1, 0.15) is 0 Å². The van der Waals surface area contributed by atoms with Gasteiger partial charge in [-0.1, -0.05) is 156 Å². The summed E-state index contributed by atoms with van der Waals surface area (Å²) in [6.45, 7) is 7.80. The second-order valence-electron chi connectivity index (χ2n) is 8.86. The smallest absolute Gasteiger partial charge is 0.303 e. The minimum atomic E-state index is -0.745. The van der Waals surface area contributed by atoms with Gasteiger partial charge in [-0.25, -0.2) is 0 Å². The number of carboxylic acid groups (broad SMARTS) is 2. The molecule has 0 aliphatic rings. The Kier molecular flexibility index (Phi) is 38.4. The van der Waals surface area contributed by atoms with Crippen molar-refractivity contribution < 1.29 is 19.8 Å². The summed E-state index contributed by atoms with van der Waals surface area (Å²) < 4.78 is 0. The second kappa shape index (κ2) is 34.6. The molecule has 0 unspecified atom stereocenters. The Morgan fingerprint density at radius 3 is 0.594 bits per heavy atom. The average Bonchev–Trinajstić information content (AvgIpc) is 2.79. The minimum Gasteiger partial charge on any atom is -0.481 e. The molecule has 0 spiro atoms. The van der Waals surface area contributed by atoms with Gasteiger partial charge in [-0.3, -0.25) is 9.59 Å². The van der Waals surface area contributed by atoms with Crippen LogP contribution in [0.25, 0.3) is 0 Å². The van der Waals surface area contributed by atoms with Crippen LogP contribution < -0.4 is 0 Å². The number of carboxylic acids is 2. The van der Waals surface area contributed by atoms with Gasteiger partial charge in [0, 0.05) is 12.8 Å². The van der Waals surface area contributed by atoms with E-state index in [1.54, 1.807) is 13.8 Å². The summed E-state index contributed by atoms with van der Waals surface area (Å²) in [5.41, 5.74) is 0. The van der Waals surface area contributed by atoms with Crippen molar-refractivity contribution in [3.8, 4) is 0 Å². The summed E-state index contributed by atoms with van der Waals surface area (Å²) in [5, 5.41) is 15.4. The van der Waals surface area contributed by atoms with Gasteiger partial charge in [0.25, 0.3) is 0 Å². The van der Waals surface area contributed by atoms with Gasteiger partial charge in [0.05, 0.1) is 0 Å². The van der Waals surface area contributed by atoms with Gasteiger partial charge in [-0.2, -0.15) is 0 Å². The lowest BCUT2D eigenvalue weighted by Gasteiger charge is -2.03. The molecule has 0 heterocycles. The Balaban J connectivity index is -0.000000695. The minimum absolute atomic E-state index is 0.222. The lowest BCUT2D eigenvalue weighted by molar-refractivity contribution is -0.137. The largest absolute Gasteiger partial charge is 0.481 e. The number of aliphatic carboxylic acids is 2. The fraction of sp³-hybridized carbons (Fsp3) is 0.929. The lowest BCUT2D eigenvalue weighted by atomic mass is 10.0. The van der Waals surface area contributed by atoms with E-state index in [1.165, 1.54) is 128 Å². The van der Waals surface area contributed by atoms with Crippen molar-refractivity contribution in [2.24, 2.45) is 0 Å². The van der Waals surface area contributed by atoms with Crippen LogP contribution in [-0.2, 0) is 9.59 Å². The zero-order chi connectivity index (χ0) is 24.7. The molecular formula is C28H58O4. The van der Waals surface area contributed by atoms with Crippen LogP contribution in [0.3, 0.4) is 0 Å². The van der Waals surface area contributed by atoms with E-state index >= 15 is 0 Å². The maximum absolute atomic E-state index is 9.37. The molecule has 0 radical (unpaired) electrons. The Morgan fingerprint density at radius 2 is 0.500 bits per heavy atom. The third-order valence-corrected chi connectivity index (χ3v) is 5.56. The zero-order valence-electron chi connectivity index (χ0n) is 22.3. The SMILES string of the molecule is CCC(=O)O.CCC(=O)O.CCCCCCCCCCCCCCCCCCCCCC. The molecule has 0 aromatic heterocycles. The first-order chi connectivity index (χ1) is 15.5. The highest BCUT2D eigenvalue weighted by Crippen LogP contribution is 2.14. The van der Waals surface area contributed by atoms with E-state index in [-0.39, 0.29) is 12.8 Å². The topological polar surface area (TPSA) is 74.6 Å². The summed E-state index contributed by atoms with van der Waals surface area (Å²) >= 11 is 0. The molecule has 0 aliphatic carbocycles. The second-order valence-corrected chi connectivity index (χ2v) is 8.86. The first-order valence-electron chi connectivity index (χ1n) is 13.9. The van der Waals surface area contributed by atoms with Crippen LogP contribution in [0.5, 0.6) is 0 Å². The predicted octanol–water partition coefficient (Wildman–Crippen LogP) is 9.79. The van der Waals surface area contributed by atoms with Crippen LogP contribution in [0.2, 0.25) is 0 Å². The van der Waals surface area contributed by atoms with E-state index in [9.17, 15) is 9.59 Å². The normalized spacial score (nSPS) is 10.0. The summed E-state index contributed by atoms with van der Waals surface area (Å²) in [6.07, 6.45) is 29.8. The molecular weight excluding hydrogens is 400 g/mol. The lowest BCUT2D eigenvalue weighted by Crippen LogP contribution is -1.86. The third-order valence-electron chi connectivity index (χ3n) is 5.56. The number of hydrogen-bond donors (Lipinski definition) is 2. The highest BCUT2D eigenvalue weighted by Gasteiger charge is 1.95. The van der Waals surface area contributed by atoms with Gasteiger partial charge < -0.3 is 10.2 Å². The first-order valence-corrected chi connectivity index (χ1v) is 13.9. The summed E-state index contributed by atoms with van der Waals surface area (Å²) in [4.78, 5) is 18.7. The first kappa shape index (κ1) is 35.5. The summed E-state index contributed by atoms with van der Waals surface area (Å²) in [5.74, 6) is -1.49. The maximum atomic E-state index is 9.37. The van der Waals surface area contributed by atoms with Gasteiger partial charge in [0.2, 0.25) is 0 Å². The van der Waals surface area contributed by atoms with Crippen molar-refractivity contribution in [2.45, 2.75) is 169 Å². The molecule has 0 saturated heterocycles. The Labute approximate surface area is 201 Å². The average molecular weight is 459 g/mol. The van der Waals surface area contributed by atoms with Gasteiger partial charge in [-0.15, -0.1) is 0 Å². The monoisotopic (exact) mass is 458 g/mol. The van der Waals surface area contributed by atoms with Crippen molar-refractivity contribution >= 4 is 11.9 Å². The predicted molar refractivity (Wildman–Crippen MR) is 140 cm³/mol. The van der Waals surface area contributed by atoms with E-state index in [2.05, 4.69) is 13.8 Å². The van der Waals surface area contributed by atoms with E-state index in [0.717, 1.165) is 0 Å². The van der Waals surface area contributed by atoms with Gasteiger partial charge in [-0.05, 0) is 0 Å². The Hall–Kier alpha value is -1.06. The van der Waals surface area contributed by atoms with E-state index in [0.29, 0.717) is 0 Å². The fourth-order valence-corrected chi connectivity index (χ4v) is 3.33. The molecule has 4 nitrogen and oxygen atoms in total. The van der Waals surface area contributed by atoms with Crippen molar-refractivity contribution in [1.29, 1.82) is 0 Å². The van der Waals surface area contributed by atoms with Crippen molar-refractivity contribution in [1.82, 2.24) is 0 Å². The Bertz CT molecular complexity index is 321. The summed E-state index contributed by atoms with van der Waals surface area (Å²) in [6, 6.07) is 0. The number of hydrogen-bond acceptors (Lipinski definition) is 2. The van der Waals surface area contributed by atoms with Crippen LogP contribution in [0.4, 0.5) is 0 Å². The van der Waals surface area contributed by atoms with E-state index in [4.69, 9.17) is 10.2 Å². The number of unbranched alkanes of at least 4 members (excludes halogenated alkanes) is 19. The van der Waals surface area contributed by atoms with Crippen LogP contribution in [0, 0.1) is 0 Å². The highest BCUT2D eigenvalue weighted by molar-refractivity contribution is 5.66. The molecule has 0 fully saturated rings. The molecule has 0 bridgehead atoms. The van der Waals surface area contributed by atoms with Crippen LogP contribution >= 0.6 is 0 Å². The maximum Gasteiger partial charge on any atom is 0.303 e. The molecule has 194 valence electrons. The molecule has 0 aromatic carbocycles. The third kappa shape index (κ3) is 46.9. The molecule has 32 heavy (non-hydrogen) atoms. The fourth-order valence-electron chi connectivity index (χ4n) is 3.33. The molecule has 0 saturated carbocycles. The van der Waals surface area contributed by atoms with Crippen LogP contribution in [0.1, 0.15) is 169 Å².